The molecule has 0 aliphatic carbocycles. The first kappa shape index (κ1) is 13.5. The van der Waals surface area contributed by atoms with E-state index in [9.17, 15) is 8.42 Å². The number of hydrogen-bond acceptors (Lipinski definition) is 5. The molecular formula is C11H20N4O2S. The van der Waals surface area contributed by atoms with Gasteiger partial charge in [0, 0.05) is 12.7 Å². The molecule has 102 valence electrons. The van der Waals surface area contributed by atoms with E-state index in [1.54, 1.807) is 6.20 Å². The van der Waals surface area contributed by atoms with Crippen molar-refractivity contribution in [3.05, 3.63) is 18.0 Å². The molecule has 0 aromatic carbocycles. The minimum atomic E-state index is -2.89. The molecule has 2 heterocycles. The second-order valence-electron chi connectivity index (χ2n) is 4.79. The molecule has 1 aliphatic rings. The average molecular weight is 272 g/mol. The zero-order chi connectivity index (χ0) is 13.2. The smallest absolute Gasteiger partial charge is 0.150 e. The summed E-state index contributed by atoms with van der Waals surface area (Å²) in [4.78, 5) is 0. The maximum atomic E-state index is 11.6. The lowest BCUT2D eigenvalue weighted by Gasteiger charge is -2.22. The second-order valence-corrected chi connectivity index (χ2v) is 7.02. The number of nitrogens with zero attached hydrogens (tertiary/aromatic N) is 2. The van der Waals surface area contributed by atoms with E-state index in [1.807, 2.05) is 10.7 Å². The third-order valence-corrected chi connectivity index (χ3v) is 5.22. The Bertz CT molecular complexity index is 497. The molecule has 0 spiro atoms. The van der Waals surface area contributed by atoms with Crippen molar-refractivity contribution in [3.63, 3.8) is 0 Å². The Hall–Kier alpha value is -0.920. The lowest BCUT2D eigenvalue weighted by atomic mass is 9.97. The van der Waals surface area contributed by atoms with Crippen molar-refractivity contribution >= 4 is 9.84 Å². The van der Waals surface area contributed by atoms with Crippen LogP contribution in [0, 0.1) is 5.92 Å². The first-order valence-electron chi connectivity index (χ1n) is 6.25. The highest BCUT2D eigenvalue weighted by molar-refractivity contribution is 7.91. The summed E-state index contributed by atoms with van der Waals surface area (Å²) in [7, 11) is -2.89. The summed E-state index contributed by atoms with van der Waals surface area (Å²) in [5, 5.41) is 4.25. The summed E-state index contributed by atoms with van der Waals surface area (Å²) in [6, 6.07) is 1.77. The van der Waals surface area contributed by atoms with Crippen molar-refractivity contribution in [2.24, 2.45) is 11.8 Å². The Morgan fingerprint density at radius 1 is 1.67 bits per heavy atom. The zero-order valence-corrected chi connectivity index (χ0v) is 11.4. The van der Waals surface area contributed by atoms with Gasteiger partial charge in [-0.05, 0) is 24.8 Å². The van der Waals surface area contributed by atoms with E-state index in [1.165, 1.54) is 0 Å². The number of sulfone groups is 1. The molecule has 0 radical (unpaired) electrons. The van der Waals surface area contributed by atoms with Crippen LogP contribution in [0.25, 0.3) is 0 Å². The van der Waals surface area contributed by atoms with E-state index < -0.39 is 9.84 Å². The third-order valence-electron chi connectivity index (χ3n) is 3.42. The van der Waals surface area contributed by atoms with Crippen LogP contribution < -0.4 is 11.3 Å². The minimum absolute atomic E-state index is 0.0345. The SMILES string of the molecule is CCCn1nccc1C(NN)C1CCS(=O)(=O)C1. The molecule has 1 aromatic heterocycles. The molecule has 1 aromatic rings. The van der Waals surface area contributed by atoms with Crippen LogP contribution in [0.15, 0.2) is 12.3 Å². The Labute approximate surface area is 107 Å². The van der Waals surface area contributed by atoms with Gasteiger partial charge in [0.2, 0.25) is 0 Å². The average Bonchev–Trinajstić information content (AvgIpc) is 2.89. The standard InChI is InChI=1S/C11H20N4O2S/c1-2-6-15-10(3-5-13-15)11(14-12)9-4-7-18(16,17)8-9/h3,5,9,11,14H,2,4,6-8,12H2,1H3. The maximum absolute atomic E-state index is 11.6. The predicted octanol–water partition coefficient (Wildman–Crippen LogP) is 0.232. The lowest BCUT2D eigenvalue weighted by Crippen LogP contribution is -2.35. The van der Waals surface area contributed by atoms with Gasteiger partial charge in [0.15, 0.2) is 9.84 Å². The van der Waals surface area contributed by atoms with Gasteiger partial charge in [0.25, 0.3) is 0 Å². The Morgan fingerprint density at radius 2 is 2.44 bits per heavy atom. The number of hydrazine groups is 1. The summed E-state index contributed by atoms with van der Waals surface area (Å²) in [5.74, 6) is 6.12. The first-order chi connectivity index (χ1) is 8.57. The number of nitrogens with two attached hydrogens (primary N) is 1. The molecule has 18 heavy (non-hydrogen) atoms. The molecule has 7 heteroatoms. The largest absolute Gasteiger partial charge is 0.271 e. The fourth-order valence-electron chi connectivity index (χ4n) is 2.56. The molecule has 1 fully saturated rings. The number of hydrogen-bond donors (Lipinski definition) is 2. The maximum Gasteiger partial charge on any atom is 0.150 e. The van der Waals surface area contributed by atoms with Crippen LogP contribution in [0.2, 0.25) is 0 Å². The quantitative estimate of drug-likeness (QED) is 0.591. The van der Waals surface area contributed by atoms with E-state index in [-0.39, 0.29) is 23.5 Å². The number of nitrogens with one attached hydrogen (secondary N) is 1. The molecular weight excluding hydrogens is 252 g/mol. The molecule has 1 aliphatic heterocycles. The second kappa shape index (κ2) is 5.38. The van der Waals surface area contributed by atoms with Gasteiger partial charge < -0.3 is 0 Å². The Balaban J connectivity index is 2.20. The van der Waals surface area contributed by atoms with Crippen molar-refractivity contribution in [1.29, 1.82) is 0 Å². The van der Waals surface area contributed by atoms with Crippen LogP contribution in [0.3, 0.4) is 0 Å². The van der Waals surface area contributed by atoms with Gasteiger partial charge in [-0.1, -0.05) is 6.92 Å². The van der Waals surface area contributed by atoms with Crippen LogP contribution in [-0.4, -0.2) is 29.7 Å². The monoisotopic (exact) mass is 272 g/mol. The van der Waals surface area contributed by atoms with Crippen molar-refractivity contribution < 1.29 is 8.42 Å². The number of aromatic nitrogens is 2. The van der Waals surface area contributed by atoms with E-state index in [0.717, 1.165) is 18.7 Å². The first-order valence-corrected chi connectivity index (χ1v) is 8.08. The Kier molecular flexibility index (Phi) is 4.04. The normalized spacial score (nSPS) is 24.2. The van der Waals surface area contributed by atoms with Gasteiger partial charge in [-0.25, -0.2) is 8.42 Å². The van der Waals surface area contributed by atoms with Gasteiger partial charge in [-0.3, -0.25) is 16.0 Å². The van der Waals surface area contributed by atoms with Crippen LogP contribution in [0.1, 0.15) is 31.5 Å². The minimum Gasteiger partial charge on any atom is -0.271 e. The fraction of sp³-hybridized carbons (Fsp3) is 0.727. The molecule has 0 bridgehead atoms. The summed E-state index contributed by atoms with van der Waals surface area (Å²) in [6.07, 6.45) is 3.38. The number of rotatable bonds is 5. The van der Waals surface area contributed by atoms with Gasteiger partial charge in [0.05, 0.1) is 23.2 Å². The molecule has 2 rings (SSSR count). The van der Waals surface area contributed by atoms with Crippen molar-refractivity contribution in [2.75, 3.05) is 11.5 Å². The van der Waals surface area contributed by atoms with Crippen LogP contribution in [0.4, 0.5) is 0 Å². The van der Waals surface area contributed by atoms with Crippen LogP contribution in [-0.2, 0) is 16.4 Å². The fourth-order valence-corrected chi connectivity index (χ4v) is 4.40. The summed E-state index contributed by atoms with van der Waals surface area (Å²) < 4.78 is 25.0. The topological polar surface area (TPSA) is 90.0 Å². The summed E-state index contributed by atoms with van der Waals surface area (Å²) >= 11 is 0. The highest BCUT2D eigenvalue weighted by Crippen LogP contribution is 2.30. The van der Waals surface area contributed by atoms with Gasteiger partial charge in [0.1, 0.15) is 0 Å². The lowest BCUT2D eigenvalue weighted by molar-refractivity contribution is 0.370. The molecule has 1 saturated heterocycles. The van der Waals surface area contributed by atoms with Crippen molar-refractivity contribution in [3.8, 4) is 0 Å². The molecule has 2 atom stereocenters. The third kappa shape index (κ3) is 2.73. The van der Waals surface area contributed by atoms with Crippen LogP contribution in [0.5, 0.6) is 0 Å². The summed E-state index contributed by atoms with van der Waals surface area (Å²) in [5.41, 5.74) is 3.73. The Morgan fingerprint density at radius 3 is 3.00 bits per heavy atom. The highest BCUT2D eigenvalue weighted by atomic mass is 32.2. The van der Waals surface area contributed by atoms with E-state index in [0.29, 0.717) is 6.42 Å². The van der Waals surface area contributed by atoms with Crippen molar-refractivity contribution in [2.45, 2.75) is 32.4 Å². The molecule has 0 amide bonds. The van der Waals surface area contributed by atoms with Gasteiger partial charge in [-0.2, -0.15) is 5.10 Å². The predicted molar refractivity (Wildman–Crippen MR) is 69.3 cm³/mol. The van der Waals surface area contributed by atoms with E-state index in [2.05, 4.69) is 17.4 Å². The van der Waals surface area contributed by atoms with E-state index >= 15 is 0 Å². The van der Waals surface area contributed by atoms with Gasteiger partial charge >= 0.3 is 0 Å². The van der Waals surface area contributed by atoms with Gasteiger partial charge in [-0.15, -0.1) is 0 Å². The molecule has 6 nitrogen and oxygen atoms in total. The molecule has 2 unspecified atom stereocenters. The van der Waals surface area contributed by atoms with Crippen LogP contribution >= 0.6 is 0 Å². The summed E-state index contributed by atoms with van der Waals surface area (Å²) in [6.45, 7) is 2.90. The zero-order valence-electron chi connectivity index (χ0n) is 10.5. The number of aryl methyl sites for hydroxylation is 1. The molecule has 3 N–H and O–H groups in total. The molecule has 0 saturated carbocycles. The highest BCUT2D eigenvalue weighted by Gasteiger charge is 2.35. The van der Waals surface area contributed by atoms with Crippen molar-refractivity contribution in [1.82, 2.24) is 15.2 Å². The van der Waals surface area contributed by atoms with E-state index in [4.69, 9.17) is 5.84 Å².